The number of ether oxygens (including phenoxy) is 1. The fraction of sp³-hybridized carbons (Fsp3) is 0.278. The zero-order valence-corrected chi connectivity index (χ0v) is 13.9. The van der Waals surface area contributed by atoms with Crippen molar-refractivity contribution in [3.63, 3.8) is 0 Å². The Balaban J connectivity index is 1.88. The van der Waals surface area contributed by atoms with Gasteiger partial charge in [0.2, 0.25) is 0 Å². The van der Waals surface area contributed by atoms with E-state index in [9.17, 15) is 13.2 Å². The summed E-state index contributed by atoms with van der Waals surface area (Å²) >= 11 is 0. The van der Waals surface area contributed by atoms with Gasteiger partial charge in [0.25, 0.3) is 0 Å². The van der Waals surface area contributed by atoms with Gasteiger partial charge in [-0.15, -0.1) is 13.2 Å². The van der Waals surface area contributed by atoms with E-state index in [4.69, 9.17) is 0 Å². The number of fused-ring (bicyclic) bond motifs is 1. The molecule has 1 heterocycles. The van der Waals surface area contributed by atoms with Gasteiger partial charge in [0.05, 0.1) is 11.0 Å². The van der Waals surface area contributed by atoms with Crippen molar-refractivity contribution in [3.05, 3.63) is 42.5 Å². The summed E-state index contributed by atoms with van der Waals surface area (Å²) in [7, 11) is 0. The summed E-state index contributed by atoms with van der Waals surface area (Å²) in [5, 5.41) is 0. The molecule has 4 nitrogen and oxygen atoms in total. The minimum Gasteiger partial charge on any atom is -0.406 e. The zero-order valence-electron chi connectivity index (χ0n) is 13.9. The number of imidazole rings is 1. The molecule has 0 fully saturated rings. The van der Waals surface area contributed by atoms with Crippen molar-refractivity contribution < 1.29 is 17.9 Å². The monoisotopic (exact) mass is 349 g/mol. The number of hydrogen-bond donors (Lipinski definition) is 1. The summed E-state index contributed by atoms with van der Waals surface area (Å²) in [6, 6.07) is 12.0. The van der Waals surface area contributed by atoms with Gasteiger partial charge in [0.15, 0.2) is 0 Å². The van der Waals surface area contributed by atoms with E-state index in [1.807, 2.05) is 24.3 Å². The van der Waals surface area contributed by atoms with Gasteiger partial charge in [-0.3, -0.25) is 0 Å². The van der Waals surface area contributed by atoms with Gasteiger partial charge < -0.3 is 14.6 Å². The van der Waals surface area contributed by atoms with Crippen LogP contribution in [0.2, 0.25) is 0 Å². The number of hydrogen-bond acceptors (Lipinski definition) is 3. The third-order valence-electron chi connectivity index (χ3n) is 3.96. The molecule has 1 N–H and O–H groups in total. The molecule has 0 unspecified atom stereocenters. The molecule has 3 aromatic rings. The number of aromatic nitrogens is 2. The quantitative estimate of drug-likeness (QED) is 0.707. The van der Waals surface area contributed by atoms with E-state index in [2.05, 4.69) is 33.5 Å². The van der Waals surface area contributed by atoms with E-state index >= 15 is 0 Å². The molecule has 0 bridgehead atoms. The Hall–Kier alpha value is -2.70. The number of H-pyrrole nitrogens is 1. The lowest BCUT2D eigenvalue weighted by Gasteiger charge is -2.20. The Morgan fingerprint density at radius 2 is 1.72 bits per heavy atom. The topological polar surface area (TPSA) is 41.2 Å². The third-order valence-corrected chi connectivity index (χ3v) is 3.96. The van der Waals surface area contributed by atoms with Crippen molar-refractivity contribution in [1.82, 2.24) is 9.97 Å². The molecule has 3 rings (SSSR count). The molecule has 25 heavy (non-hydrogen) atoms. The molecule has 0 amide bonds. The van der Waals surface area contributed by atoms with E-state index in [-0.39, 0.29) is 5.75 Å². The predicted octanol–water partition coefficient (Wildman–Crippen LogP) is 4.97. The highest BCUT2D eigenvalue weighted by molar-refractivity contribution is 5.81. The second-order valence-corrected chi connectivity index (χ2v) is 5.53. The van der Waals surface area contributed by atoms with Gasteiger partial charge in [-0.1, -0.05) is 0 Å². The molecule has 7 heteroatoms. The largest absolute Gasteiger partial charge is 0.573 e. The van der Waals surface area contributed by atoms with Crippen LogP contribution in [0.5, 0.6) is 5.75 Å². The van der Waals surface area contributed by atoms with Gasteiger partial charge in [-0.2, -0.15) is 0 Å². The lowest BCUT2D eigenvalue weighted by Crippen LogP contribution is -2.21. The Labute approximate surface area is 143 Å². The molecule has 0 atom stereocenters. The summed E-state index contributed by atoms with van der Waals surface area (Å²) in [5.74, 6) is 0.331. The van der Waals surface area contributed by atoms with Crippen LogP contribution < -0.4 is 9.64 Å². The van der Waals surface area contributed by atoms with Gasteiger partial charge in [-0.05, 0) is 50.2 Å². The van der Waals surface area contributed by atoms with Crippen molar-refractivity contribution in [2.75, 3.05) is 18.0 Å². The van der Waals surface area contributed by atoms with Crippen LogP contribution in [-0.2, 0) is 0 Å². The van der Waals surface area contributed by atoms with Gasteiger partial charge in [0, 0.05) is 30.4 Å². The first-order chi connectivity index (χ1) is 11.9. The maximum atomic E-state index is 12.3. The van der Waals surface area contributed by atoms with Crippen molar-refractivity contribution in [1.29, 1.82) is 0 Å². The molecule has 0 saturated carbocycles. The molecule has 132 valence electrons. The van der Waals surface area contributed by atoms with Crippen LogP contribution in [0.4, 0.5) is 18.9 Å². The Bertz CT molecular complexity index is 852. The average molecular weight is 349 g/mol. The molecular formula is C18H18F3N3O. The molecule has 0 saturated heterocycles. The standard InChI is InChI=1S/C18H18F3N3O/c1-3-24(4-2)13-7-5-12(6-8-13)17-22-15-10-9-14(11-16(15)23-17)25-18(19,20)21/h5-11H,3-4H2,1-2H3,(H,22,23). The summed E-state index contributed by atoms with van der Waals surface area (Å²) < 4.78 is 40.9. The smallest absolute Gasteiger partial charge is 0.406 e. The number of aromatic amines is 1. The number of nitrogens with one attached hydrogen (secondary N) is 1. The number of anilines is 1. The van der Waals surface area contributed by atoms with Crippen LogP contribution >= 0.6 is 0 Å². The van der Waals surface area contributed by atoms with Crippen LogP contribution in [0.1, 0.15) is 13.8 Å². The number of rotatable bonds is 5. The Morgan fingerprint density at radius 1 is 1.04 bits per heavy atom. The maximum Gasteiger partial charge on any atom is 0.573 e. The normalized spacial score (nSPS) is 11.7. The Kier molecular flexibility index (Phi) is 4.57. The first-order valence-electron chi connectivity index (χ1n) is 8.00. The van der Waals surface area contributed by atoms with E-state index in [0.29, 0.717) is 16.9 Å². The molecule has 2 aromatic carbocycles. The molecule has 0 aliphatic rings. The number of benzene rings is 2. The third kappa shape index (κ3) is 3.87. The first-order valence-corrected chi connectivity index (χ1v) is 8.00. The first kappa shape index (κ1) is 17.1. The highest BCUT2D eigenvalue weighted by Gasteiger charge is 2.31. The predicted molar refractivity (Wildman–Crippen MR) is 91.8 cm³/mol. The molecule has 0 radical (unpaired) electrons. The summed E-state index contributed by atoms with van der Waals surface area (Å²) in [4.78, 5) is 9.70. The number of nitrogens with zero attached hydrogens (tertiary/aromatic N) is 2. The Morgan fingerprint density at radius 3 is 2.32 bits per heavy atom. The van der Waals surface area contributed by atoms with Crippen LogP contribution in [0.3, 0.4) is 0 Å². The minimum absolute atomic E-state index is 0.271. The van der Waals surface area contributed by atoms with Crippen LogP contribution in [0, 0.1) is 0 Å². The lowest BCUT2D eigenvalue weighted by molar-refractivity contribution is -0.274. The van der Waals surface area contributed by atoms with Gasteiger partial charge >= 0.3 is 6.36 Å². The van der Waals surface area contributed by atoms with E-state index in [1.165, 1.54) is 18.2 Å². The van der Waals surface area contributed by atoms with Crippen molar-refractivity contribution >= 4 is 16.7 Å². The van der Waals surface area contributed by atoms with Gasteiger partial charge in [-0.25, -0.2) is 4.98 Å². The van der Waals surface area contributed by atoms with E-state index in [0.717, 1.165) is 24.3 Å². The van der Waals surface area contributed by atoms with Gasteiger partial charge in [0.1, 0.15) is 11.6 Å². The van der Waals surface area contributed by atoms with Crippen molar-refractivity contribution in [2.24, 2.45) is 0 Å². The summed E-state index contributed by atoms with van der Waals surface area (Å²) in [6.07, 6.45) is -4.71. The zero-order chi connectivity index (χ0) is 18.0. The fourth-order valence-electron chi connectivity index (χ4n) is 2.74. The highest BCUT2D eigenvalue weighted by Crippen LogP contribution is 2.28. The van der Waals surface area contributed by atoms with E-state index < -0.39 is 6.36 Å². The number of alkyl halides is 3. The number of halogens is 3. The maximum absolute atomic E-state index is 12.3. The van der Waals surface area contributed by atoms with E-state index in [1.54, 1.807) is 0 Å². The van der Waals surface area contributed by atoms with Crippen molar-refractivity contribution in [2.45, 2.75) is 20.2 Å². The molecule has 1 aromatic heterocycles. The second kappa shape index (κ2) is 6.66. The molecule has 0 aliphatic heterocycles. The summed E-state index contributed by atoms with van der Waals surface area (Å²) in [5.41, 5.74) is 3.05. The summed E-state index contributed by atoms with van der Waals surface area (Å²) in [6.45, 7) is 6.03. The molecule has 0 aliphatic carbocycles. The fourth-order valence-corrected chi connectivity index (χ4v) is 2.74. The van der Waals surface area contributed by atoms with Crippen LogP contribution in [-0.4, -0.2) is 29.4 Å². The highest BCUT2D eigenvalue weighted by atomic mass is 19.4. The van der Waals surface area contributed by atoms with Crippen molar-refractivity contribution in [3.8, 4) is 17.1 Å². The van der Waals surface area contributed by atoms with Crippen LogP contribution in [0.15, 0.2) is 42.5 Å². The molecule has 0 spiro atoms. The lowest BCUT2D eigenvalue weighted by atomic mass is 10.2. The minimum atomic E-state index is -4.71. The van der Waals surface area contributed by atoms with Crippen LogP contribution in [0.25, 0.3) is 22.4 Å². The SMILES string of the molecule is CCN(CC)c1ccc(-c2nc3ccc(OC(F)(F)F)cc3[nH]2)cc1. The second-order valence-electron chi connectivity index (χ2n) is 5.53. The molecular weight excluding hydrogens is 331 g/mol. The average Bonchev–Trinajstić information content (AvgIpc) is 2.98.